The maximum atomic E-state index is 11.5. The first-order valence-corrected chi connectivity index (χ1v) is 5.53. The molecule has 1 aromatic heterocycles. The largest absolute Gasteiger partial charge is 0.354 e. The predicted molar refractivity (Wildman–Crippen MR) is 63.8 cm³/mol. The first kappa shape index (κ1) is 12.6. The summed E-state index contributed by atoms with van der Waals surface area (Å²) < 4.78 is 0. The van der Waals surface area contributed by atoms with Gasteiger partial charge in [-0.05, 0) is 30.0 Å². The van der Waals surface area contributed by atoms with Crippen LogP contribution in [0.2, 0.25) is 0 Å². The Kier molecular flexibility index (Phi) is 4.92. The number of hydrogen-bond acceptors (Lipinski definition) is 3. The van der Waals surface area contributed by atoms with Crippen molar-refractivity contribution in [1.29, 1.82) is 0 Å². The smallest absolute Gasteiger partial charge is 0.237 e. The monoisotopic (exact) mass is 221 g/mol. The minimum atomic E-state index is -0.419. The molecule has 0 aliphatic carbocycles. The molecule has 1 rings (SSSR count). The number of carbonyl (C=O) groups is 1. The van der Waals surface area contributed by atoms with Crippen molar-refractivity contribution in [2.45, 2.75) is 26.3 Å². The van der Waals surface area contributed by atoms with Crippen molar-refractivity contribution in [3.05, 3.63) is 30.1 Å². The van der Waals surface area contributed by atoms with Crippen molar-refractivity contribution in [2.24, 2.45) is 11.7 Å². The maximum Gasteiger partial charge on any atom is 0.237 e. The van der Waals surface area contributed by atoms with Crippen LogP contribution >= 0.6 is 0 Å². The molecule has 16 heavy (non-hydrogen) atoms. The second kappa shape index (κ2) is 6.23. The van der Waals surface area contributed by atoms with Crippen LogP contribution in [0.1, 0.15) is 19.4 Å². The van der Waals surface area contributed by atoms with Crippen molar-refractivity contribution in [2.75, 3.05) is 6.54 Å². The van der Waals surface area contributed by atoms with E-state index in [0.29, 0.717) is 6.54 Å². The van der Waals surface area contributed by atoms with Gasteiger partial charge in [-0.2, -0.15) is 0 Å². The third-order valence-corrected chi connectivity index (χ3v) is 2.48. The van der Waals surface area contributed by atoms with Gasteiger partial charge in [0.05, 0.1) is 6.04 Å². The van der Waals surface area contributed by atoms with Gasteiger partial charge in [0.2, 0.25) is 5.91 Å². The number of rotatable bonds is 5. The van der Waals surface area contributed by atoms with Gasteiger partial charge in [-0.1, -0.05) is 13.8 Å². The van der Waals surface area contributed by atoms with E-state index in [0.717, 1.165) is 12.0 Å². The molecule has 0 aromatic carbocycles. The molecule has 0 saturated carbocycles. The SMILES string of the molecule is CC(C)[C@H](N)C(=O)NCCc1ccncc1. The molecule has 0 aliphatic rings. The van der Waals surface area contributed by atoms with E-state index in [1.807, 2.05) is 26.0 Å². The molecule has 3 N–H and O–H groups in total. The number of aromatic nitrogens is 1. The summed E-state index contributed by atoms with van der Waals surface area (Å²) in [7, 11) is 0. The van der Waals surface area contributed by atoms with Gasteiger partial charge in [-0.3, -0.25) is 9.78 Å². The predicted octanol–water partition coefficient (Wildman–Crippen LogP) is 0.724. The second-order valence-corrected chi connectivity index (χ2v) is 4.17. The van der Waals surface area contributed by atoms with Gasteiger partial charge >= 0.3 is 0 Å². The molecule has 1 amide bonds. The van der Waals surface area contributed by atoms with Crippen LogP contribution in [0.15, 0.2) is 24.5 Å². The van der Waals surface area contributed by atoms with E-state index in [1.54, 1.807) is 12.4 Å². The van der Waals surface area contributed by atoms with Crippen LogP contribution in [-0.4, -0.2) is 23.5 Å². The number of nitrogens with one attached hydrogen (secondary N) is 1. The minimum Gasteiger partial charge on any atom is -0.354 e. The summed E-state index contributed by atoms with van der Waals surface area (Å²) in [5.41, 5.74) is 6.88. The van der Waals surface area contributed by atoms with E-state index in [1.165, 1.54) is 0 Å². The summed E-state index contributed by atoms with van der Waals surface area (Å²) in [4.78, 5) is 15.5. The Hall–Kier alpha value is -1.42. The average molecular weight is 221 g/mol. The number of amides is 1. The second-order valence-electron chi connectivity index (χ2n) is 4.17. The van der Waals surface area contributed by atoms with E-state index in [4.69, 9.17) is 5.73 Å². The van der Waals surface area contributed by atoms with E-state index in [9.17, 15) is 4.79 Å². The van der Waals surface area contributed by atoms with Crippen molar-refractivity contribution in [3.8, 4) is 0 Å². The van der Waals surface area contributed by atoms with Crippen LogP contribution < -0.4 is 11.1 Å². The van der Waals surface area contributed by atoms with E-state index < -0.39 is 6.04 Å². The Morgan fingerprint density at radius 3 is 2.62 bits per heavy atom. The lowest BCUT2D eigenvalue weighted by atomic mass is 10.1. The number of nitrogens with two attached hydrogens (primary N) is 1. The average Bonchev–Trinajstić information content (AvgIpc) is 2.29. The molecule has 1 heterocycles. The van der Waals surface area contributed by atoms with Gasteiger partial charge in [0.25, 0.3) is 0 Å². The molecule has 88 valence electrons. The van der Waals surface area contributed by atoms with Crippen LogP contribution in [0.5, 0.6) is 0 Å². The van der Waals surface area contributed by atoms with Gasteiger partial charge in [-0.15, -0.1) is 0 Å². The van der Waals surface area contributed by atoms with Crippen LogP contribution in [0.25, 0.3) is 0 Å². The fourth-order valence-electron chi connectivity index (χ4n) is 1.30. The lowest BCUT2D eigenvalue weighted by Gasteiger charge is -2.15. The third kappa shape index (κ3) is 3.98. The Labute approximate surface area is 96.3 Å². The zero-order valence-electron chi connectivity index (χ0n) is 9.81. The highest BCUT2D eigenvalue weighted by molar-refractivity contribution is 5.81. The molecule has 0 fully saturated rings. The van der Waals surface area contributed by atoms with Crippen LogP contribution in [0, 0.1) is 5.92 Å². The lowest BCUT2D eigenvalue weighted by Crippen LogP contribution is -2.44. The molecule has 0 saturated heterocycles. The van der Waals surface area contributed by atoms with Crippen LogP contribution in [0.3, 0.4) is 0 Å². The van der Waals surface area contributed by atoms with E-state index >= 15 is 0 Å². The quantitative estimate of drug-likeness (QED) is 0.770. The highest BCUT2D eigenvalue weighted by atomic mass is 16.2. The Morgan fingerprint density at radius 2 is 2.06 bits per heavy atom. The Morgan fingerprint density at radius 1 is 1.44 bits per heavy atom. The summed E-state index contributed by atoms with van der Waals surface area (Å²) in [5, 5.41) is 2.83. The number of carbonyl (C=O) groups excluding carboxylic acids is 1. The zero-order chi connectivity index (χ0) is 12.0. The number of nitrogens with zero attached hydrogens (tertiary/aromatic N) is 1. The molecular formula is C12H19N3O. The van der Waals surface area contributed by atoms with Crippen molar-refractivity contribution in [1.82, 2.24) is 10.3 Å². The Bertz CT molecular complexity index is 324. The molecule has 4 heteroatoms. The molecule has 1 atom stereocenters. The standard InChI is InChI=1S/C12H19N3O/c1-9(2)11(13)12(16)15-8-5-10-3-6-14-7-4-10/h3-4,6-7,9,11H,5,8,13H2,1-2H3,(H,15,16)/t11-/m0/s1. The highest BCUT2D eigenvalue weighted by Gasteiger charge is 2.15. The molecule has 0 unspecified atom stereocenters. The fraction of sp³-hybridized carbons (Fsp3) is 0.500. The van der Waals surface area contributed by atoms with Crippen molar-refractivity contribution >= 4 is 5.91 Å². The number of pyridine rings is 1. The van der Waals surface area contributed by atoms with Crippen molar-refractivity contribution in [3.63, 3.8) is 0 Å². The molecule has 1 aromatic rings. The maximum absolute atomic E-state index is 11.5. The summed E-state index contributed by atoms with van der Waals surface area (Å²) >= 11 is 0. The molecular weight excluding hydrogens is 202 g/mol. The van der Waals surface area contributed by atoms with E-state index in [2.05, 4.69) is 10.3 Å². The molecule has 0 spiro atoms. The molecule has 0 radical (unpaired) electrons. The normalized spacial score (nSPS) is 12.5. The fourth-order valence-corrected chi connectivity index (χ4v) is 1.30. The molecule has 0 bridgehead atoms. The van der Waals surface area contributed by atoms with Gasteiger partial charge in [0.1, 0.15) is 0 Å². The summed E-state index contributed by atoms with van der Waals surface area (Å²) in [6.07, 6.45) is 4.30. The summed E-state index contributed by atoms with van der Waals surface area (Å²) in [6.45, 7) is 4.49. The van der Waals surface area contributed by atoms with Gasteiger partial charge in [0.15, 0.2) is 0 Å². The topological polar surface area (TPSA) is 68.0 Å². The van der Waals surface area contributed by atoms with Crippen LogP contribution in [0.4, 0.5) is 0 Å². The summed E-state index contributed by atoms with van der Waals surface area (Å²) in [6, 6.07) is 3.46. The van der Waals surface area contributed by atoms with Crippen LogP contribution in [-0.2, 0) is 11.2 Å². The first-order chi connectivity index (χ1) is 7.61. The lowest BCUT2D eigenvalue weighted by molar-refractivity contribution is -0.123. The Balaban J connectivity index is 2.28. The minimum absolute atomic E-state index is 0.0796. The zero-order valence-corrected chi connectivity index (χ0v) is 9.81. The molecule has 0 aliphatic heterocycles. The van der Waals surface area contributed by atoms with Gasteiger partial charge in [0, 0.05) is 18.9 Å². The highest BCUT2D eigenvalue weighted by Crippen LogP contribution is 1.99. The third-order valence-electron chi connectivity index (χ3n) is 2.48. The van der Waals surface area contributed by atoms with E-state index in [-0.39, 0.29) is 11.8 Å². The van der Waals surface area contributed by atoms with Crippen molar-refractivity contribution < 1.29 is 4.79 Å². The molecule has 4 nitrogen and oxygen atoms in total. The number of hydrogen-bond donors (Lipinski definition) is 2. The summed E-state index contributed by atoms with van der Waals surface area (Å²) in [5.74, 6) is 0.0879. The van der Waals surface area contributed by atoms with Gasteiger partial charge < -0.3 is 11.1 Å². The first-order valence-electron chi connectivity index (χ1n) is 5.53. The van der Waals surface area contributed by atoms with Gasteiger partial charge in [-0.25, -0.2) is 0 Å².